The number of aromatic nitrogens is 1. The summed E-state index contributed by atoms with van der Waals surface area (Å²) in [6.45, 7) is 6.95. The second kappa shape index (κ2) is 7.31. The molecule has 3 fully saturated rings. The zero-order chi connectivity index (χ0) is 19.1. The number of nitrogens with zero attached hydrogens (tertiary/aromatic N) is 3. The molecule has 1 atom stereocenters. The van der Waals surface area contributed by atoms with Crippen molar-refractivity contribution < 1.29 is 5.11 Å². The molecule has 3 aliphatic rings. The fourth-order valence-corrected chi connectivity index (χ4v) is 5.96. The van der Waals surface area contributed by atoms with Crippen molar-refractivity contribution in [3.05, 3.63) is 35.9 Å². The number of hydrogen-bond donors (Lipinski definition) is 1. The Bertz CT molecular complexity index is 845. The highest BCUT2D eigenvalue weighted by Crippen LogP contribution is 2.42. The van der Waals surface area contributed by atoms with Gasteiger partial charge in [-0.05, 0) is 76.1 Å². The van der Waals surface area contributed by atoms with Crippen molar-refractivity contribution >= 4 is 16.7 Å². The van der Waals surface area contributed by atoms with Crippen LogP contribution in [-0.4, -0.2) is 53.3 Å². The number of rotatable bonds is 2. The van der Waals surface area contributed by atoms with Gasteiger partial charge in [0.2, 0.25) is 0 Å². The van der Waals surface area contributed by atoms with Gasteiger partial charge in [-0.2, -0.15) is 0 Å². The number of aliphatic hydroxyl groups is 1. The molecule has 1 N–H and O–H groups in total. The van der Waals surface area contributed by atoms with Gasteiger partial charge in [0.05, 0.1) is 11.6 Å². The van der Waals surface area contributed by atoms with Crippen molar-refractivity contribution in [2.75, 3.05) is 31.1 Å². The highest BCUT2D eigenvalue weighted by molar-refractivity contribution is 5.81. The van der Waals surface area contributed by atoms with E-state index in [0.29, 0.717) is 11.5 Å². The lowest BCUT2D eigenvalue weighted by molar-refractivity contribution is 0.0770. The number of aliphatic hydroxyl groups excluding tert-OH is 1. The van der Waals surface area contributed by atoms with Crippen LogP contribution in [0.4, 0.5) is 5.82 Å². The second-order valence-electron chi connectivity index (χ2n) is 9.53. The van der Waals surface area contributed by atoms with Gasteiger partial charge < -0.3 is 10.0 Å². The van der Waals surface area contributed by atoms with Crippen molar-refractivity contribution in [2.45, 2.75) is 64.0 Å². The van der Waals surface area contributed by atoms with Gasteiger partial charge in [-0.15, -0.1) is 0 Å². The van der Waals surface area contributed by atoms with Crippen LogP contribution in [0.5, 0.6) is 0 Å². The second-order valence-corrected chi connectivity index (χ2v) is 9.53. The van der Waals surface area contributed by atoms with E-state index in [2.05, 4.69) is 47.1 Å². The first-order chi connectivity index (χ1) is 13.6. The maximum Gasteiger partial charge on any atom is 0.132 e. The van der Waals surface area contributed by atoms with Gasteiger partial charge >= 0.3 is 0 Å². The number of benzene rings is 1. The molecule has 0 unspecified atom stereocenters. The summed E-state index contributed by atoms with van der Waals surface area (Å²) in [5.41, 5.74) is 2.83. The van der Waals surface area contributed by atoms with E-state index in [1.807, 2.05) is 0 Å². The number of hydrogen-bond acceptors (Lipinski definition) is 4. The Labute approximate surface area is 168 Å². The number of pyridine rings is 1. The predicted octanol–water partition coefficient (Wildman–Crippen LogP) is 4.14. The first-order valence-corrected chi connectivity index (χ1v) is 11.2. The number of para-hydroxylation sites is 1. The molecule has 2 aliphatic heterocycles. The van der Waals surface area contributed by atoms with Crippen LogP contribution in [0.15, 0.2) is 30.3 Å². The molecule has 4 nitrogen and oxygen atoms in total. The zero-order valence-corrected chi connectivity index (χ0v) is 17.1. The predicted molar refractivity (Wildman–Crippen MR) is 115 cm³/mol. The Kier molecular flexibility index (Phi) is 4.80. The smallest absolute Gasteiger partial charge is 0.132 e. The van der Waals surface area contributed by atoms with E-state index in [4.69, 9.17) is 4.98 Å². The first kappa shape index (κ1) is 18.4. The Morgan fingerprint density at radius 3 is 2.71 bits per heavy atom. The molecule has 1 aliphatic carbocycles. The van der Waals surface area contributed by atoms with E-state index in [1.165, 1.54) is 62.0 Å². The molecular formula is C24H33N3O. The van der Waals surface area contributed by atoms with Crippen LogP contribution in [0.2, 0.25) is 0 Å². The Balaban J connectivity index is 1.33. The van der Waals surface area contributed by atoms with Crippen LogP contribution in [0.25, 0.3) is 10.9 Å². The summed E-state index contributed by atoms with van der Waals surface area (Å²) < 4.78 is 0. The topological polar surface area (TPSA) is 39.6 Å². The Morgan fingerprint density at radius 2 is 1.86 bits per heavy atom. The molecule has 0 bridgehead atoms. The quantitative estimate of drug-likeness (QED) is 0.851. The molecule has 28 heavy (non-hydrogen) atoms. The lowest BCUT2D eigenvalue weighted by atomic mass is 9.79. The van der Waals surface area contributed by atoms with Crippen LogP contribution in [0, 0.1) is 12.3 Å². The number of fused-ring (bicyclic) bond motifs is 1. The lowest BCUT2D eigenvalue weighted by Crippen LogP contribution is -2.47. The van der Waals surface area contributed by atoms with Crippen molar-refractivity contribution in [2.24, 2.45) is 5.41 Å². The molecule has 1 spiro atoms. The fourth-order valence-electron chi connectivity index (χ4n) is 5.96. The molecule has 0 amide bonds. The number of piperidine rings is 1. The van der Waals surface area contributed by atoms with E-state index in [0.717, 1.165) is 31.4 Å². The van der Waals surface area contributed by atoms with Crippen molar-refractivity contribution in [3.63, 3.8) is 0 Å². The highest BCUT2D eigenvalue weighted by Gasteiger charge is 2.43. The van der Waals surface area contributed by atoms with Crippen molar-refractivity contribution in [3.8, 4) is 0 Å². The molecule has 1 aromatic heterocycles. The third kappa shape index (κ3) is 3.42. The van der Waals surface area contributed by atoms with Crippen LogP contribution in [0.1, 0.15) is 50.5 Å². The summed E-state index contributed by atoms with van der Waals surface area (Å²) in [6.07, 6.45) is 8.20. The summed E-state index contributed by atoms with van der Waals surface area (Å²) in [4.78, 5) is 10.4. The number of anilines is 1. The van der Waals surface area contributed by atoms with Gasteiger partial charge in [0.1, 0.15) is 5.82 Å². The molecule has 5 rings (SSSR count). The fraction of sp³-hybridized carbons (Fsp3) is 0.625. The van der Waals surface area contributed by atoms with Crippen LogP contribution in [-0.2, 0) is 0 Å². The minimum Gasteiger partial charge on any atom is -0.393 e. The minimum absolute atomic E-state index is 0.0556. The third-order valence-corrected chi connectivity index (χ3v) is 7.50. The van der Waals surface area contributed by atoms with E-state index < -0.39 is 0 Å². The minimum atomic E-state index is -0.0556. The number of likely N-dealkylation sites (tertiary alicyclic amines) is 1. The molecule has 2 saturated heterocycles. The zero-order valence-electron chi connectivity index (χ0n) is 17.1. The highest BCUT2D eigenvalue weighted by atomic mass is 16.3. The largest absolute Gasteiger partial charge is 0.393 e. The van der Waals surface area contributed by atoms with E-state index >= 15 is 0 Å². The standard InChI is InChI=1S/C24H33N3O/c1-18-15-19-5-2-3-6-22(19)25-23(18)27-13-4-11-24(17-27)12-14-26(16-24)20-7-9-21(28)10-8-20/h2-3,5-6,15,20-21,28H,4,7-14,16-17H2,1H3/t20?,21?,24-/m1/s1. The summed E-state index contributed by atoms with van der Waals surface area (Å²) >= 11 is 0. The van der Waals surface area contributed by atoms with Crippen molar-refractivity contribution in [1.82, 2.24) is 9.88 Å². The van der Waals surface area contributed by atoms with Gasteiger partial charge in [0, 0.05) is 36.5 Å². The monoisotopic (exact) mass is 379 g/mol. The SMILES string of the molecule is Cc1cc2ccccc2nc1N1CCC[C@]2(CCN(C3CCC(O)CC3)C2)C1. The molecule has 4 heteroatoms. The lowest BCUT2D eigenvalue weighted by Gasteiger charge is -2.42. The van der Waals surface area contributed by atoms with Gasteiger partial charge in [-0.1, -0.05) is 18.2 Å². The van der Waals surface area contributed by atoms with Gasteiger partial charge in [0.15, 0.2) is 0 Å². The molecular weight excluding hydrogens is 346 g/mol. The van der Waals surface area contributed by atoms with Crippen LogP contribution < -0.4 is 4.90 Å². The first-order valence-electron chi connectivity index (χ1n) is 11.2. The molecule has 2 aromatic rings. The van der Waals surface area contributed by atoms with Gasteiger partial charge in [0.25, 0.3) is 0 Å². The van der Waals surface area contributed by atoms with E-state index in [1.54, 1.807) is 0 Å². The van der Waals surface area contributed by atoms with Gasteiger partial charge in [-0.25, -0.2) is 4.98 Å². The van der Waals surface area contributed by atoms with Gasteiger partial charge in [-0.3, -0.25) is 4.90 Å². The maximum atomic E-state index is 9.84. The summed E-state index contributed by atoms with van der Waals surface area (Å²) in [5, 5.41) is 11.1. The molecule has 0 radical (unpaired) electrons. The summed E-state index contributed by atoms with van der Waals surface area (Å²) in [6, 6.07) is 11.5. The molecule has 150 valence electrons. The molecule has 3 heterocycles. The summed E-state index contributed by atoms with van der Waals surface area (Å²) in [5.74, 6) is 1.19. The Morgan fingerprint density at radius 1 is 1.04 bits per heavy atom. The third-order valence-electron chi connectivity index (χ3n) is 7.50. The summed E-state index contributed by atoms with van der Waals surface area (Å²) in [7, 11) is 0. The molecule has 1 saturated carbocycles. The van der Waals surface area contributed by atoms with Crippen molar-refractivity contribution in [1.29, 1.82) is 0 Å². The Hall–Kier alpha value is -1.65. The normalized spacial score (nSPS) is 31.7. The van der Waals surface area contributed by atoms with Crippen LogP contribution in [0.3, 0.4) is 0 Å². The average molecular weight is 380 g/mol. The van der Waals surface area contributed by atoms with E-state index in [9.17, 15) is 5.11 Å². The maximum absolute atomic E-state index is 9.84. The van der Waals surface area contributed by atoms with E-state index in [-0.39, 0.29) is 6.10 Å². The number of aryl methyl sites for hydroxylation is 1. The molecule has 1 aromatic carbocycles. The van der Waals surface area contributed by atoms with Crippen LogP contribution >= 0.6 is 0 Å². The average Bonchev–Trinajstić information content (AvgIpc) is 3.11.